The van der Waals surface area contributed by atoms with Crippen molar-refractivity contribution in [3.05, 3.63) is 89.7 Å². The van der Waals surface area contributed by atoms with Crippen molar-refractivity contribution in [3.8, 4) is 17.2 Å². The van der Waals surface area contributed by atoms with E-state index in [2.05, 4.69) is 84.4 Å². The average molecular weight is 766 g/mol. The number of carbonyl (C=O) groups excluding carboxylic acids is 1. The monoisotopic (exact) mass is 765 g/mol. The summed E-state index contributed by atoms with van der Waals surface area (Å²) >= 11 is 0. The van der Waals surface area contributed by atoms with Crippen molar-refractivity contribution in [1.29, 1.82) is 0 Å². The third-order valence-electron chi connectivity index (χ3n) is 10.5. The minimum Gasteiger partial charge on any atom is -0.492 e. The van der Waals surface area contributed by atoms with Gasteiger partial charge in [-0.1, -0.05) is 58.0 Å². The fraction of sp³-hybridized carbons (Fsp3) is 0.452. The van der Waals surface area contributed by atoms with Gasteiger partial charge in [0.05, 0.1) is 23.6 Å². The molecule has 56 heavy (non-hydrogen) atoms. The van der Waals surface area contributed by atoms with Crippen LogP contribution >= 0.6 is 0 Å². The maximum atomic E-state index is 13.7. The Morgan fingerprint density at radius 2 is 1.79 bits per heavy atom. The number of benzene rings is 2. The molecular weight excluding hydrogens is 711 g/mol. The van der Waals surface area contributed by atoms with Gasteiger partial charge < -0.3 is 29.7 Å². The summed E-state index contributed by atoms with van der Waals surface area (Å²) in [6.07, 6.45) is 6.86. The number of nitrogens with one attached hydrogen (secondary N) is 2. The van der Waals surface area contributed by atoms with Crippen molar-refractivity contribution in [2.24, 2.45) is 0 Å². The number of anilines is 2. The number of pyridine rings is 1. The van der Waals surface area contributed by atoms with Crippen LogP contribution in [0.2, 0.25) is 0 Å². The highest BCUT2D eigenvalue weighted by atomic mass is 16.5. The van der Waals surface area contributed by atoms with E-state index in [1.54, 1.807) is 4.68 Å². The number of carboxylic acid groups (broad SMARTS) is 1. The number of hydrogen-bond acceptors (Lipinski definition) is 9. The van der Waals surface area contributed by atoms with Crippen LogP contribution in [0.25, 0.3) is 11.3 Å². The van der Waals surface area contributed by atoms with Crippen molar-refractivity contribution in [2.75, 3.05) is 43.5 Å². The quantitative estimate of drug-likeness (QED) is 0.116. The summed E-state index contributed by atoms with van der Waals surface area (Å²) in [6, 6.07) is 21.9. The second-order valence-corrected chi connectivity index (χ2v) is 15.5. The minimum atomic E-state index is -0.293. The number of rotatable bonds is 11. The molecule has 0 bridgehead atoms. The van der Waals surface area contributed by atoms with Crippen LogP contribution in [0, 0.1) is 0 Å². The lowest BCUT2D eigenvalue weighted by atomic mass is 9.85. The number of piperidine rings is 1. The van der Waals surface area contributed by atoms with Gasteiger partial charge in [0.2, 0.25) is 5.95 Å². The standard InChI is InChI=1S/C41H53N9O3.CH2O2/c1-7-47(6)23-24-52-30-15-12-14-29(25-30)50-38(26-36(46-50)41(3,4)5)43-39(51)42-34-19-20-35(33-17-9-8-16-32(33)34)53-31-18-21-37-44-45-40(49(37)27-31)48-22-11-10-13-28(48)2;2-1-3/h8-9,12,14-18,21,25-28,34-35H,7,10-11,13,19-20,22-24H2,1-6H3,(H2,42,43,51);1H,(H,2,3)/t28?,34-,35+;/m0./s1. The third-order valence-corrected chi connectivity index (χ3v) is 10.5. The summed E-state index contributed by atoms with van der Waals surface area (Å²) in [5.74, 6) is 2.97. The van der Waals surface area contributed by atoms with Crippen molar-refractivity contribution in [2.45, 2.75) is 90.3 Å². The third kappa shape index (κ3) is 9.41. The Morgan fingerprint density at radius 3 is 2.54 bits per heavy atom. The Bertz CT molecular complexity index is 2090. The number of likely N-dealkylation sites (N-methyl/N-ethyl adjacent to an activating group) is 1. The zero-order valence-electron chi connectivity index (χ0n) is 33.3. The molecule has 2 aliphatic rings. The molecule has 1 fully saturated rings. The maximum Gasteiger partial charge on any atom is 0.320 e. The van der Waals surface area contributed by atoms with Crippen LogP contribution in [0.3, 0.4) is 0 Å². The number of carbonyl (C=O) groups is 2. The van der Waals surface area contributed by atoms with Gasteiger partial charge in [0.1, 0.15) is 30.0 Å². The Balaban J connectivity index is 0.00000172. The molecule has 3 atom stereocenters. The van der Waals surface area contributed by atoms with Gasteiger partial charge in [0, 0.05) is 36.7 Å². The normalized spacial score (nSPS) is 18.1. The van der Waals surface area contributed by atoms with Crippen LogP contribution < -0.4 is 25.0 Å². The highest BCUT2D eigenvalue weighted by Crippen LogP contribution is 2.39. The second-order valence-electron chi connectivity index (χ2n) is 15.5. The van der Waals surface area contributed by atoms with Gasteiger partial charge in [-0.25, -0.2) is 9.48 Å². The van der Waals surface area contributed by atoms with Gasteiger partial charge in [0.15, 0.2) is 5.65 Å². The summed E-state index contributed by atoms with van der Waals surface area (Å²) in [7, 11) is 2.07. The SMILES string of the molecule is CCN(C)CCOc1cccc(-n2nc(C(C)(C)C)cc2NC(=O)N[C@H]2CC[C@@H](Oc3ccc4nnc(N5CCCCC5C)n4c3)c3ccccc32)c1.O=CO. The first kappa shape index (κ1) is 40.0. The summed E-state index contributed by atoms with van der Waals surface area (Å²) in [6.45, 7) is 13.8. The van der Waals surface area contributed by atoms with Crippen molar-refractivity contribution < 1.29 is 24.2 Å². The van der Waals surface area contributed by atoms with Gasteiger partial charge in [-0.2, -0.15) is 5.10 Å². The molecule has 14 nitrogen and oxygen atoms in total. The molecule has 2 amide bonds. The zero-order chi connectivity index (χ0) is 39.8. The number of hydrogen-bond donors (Lipinski definition) is 3. The fourth-order valence-electron chi connectivity index (χ4n) is 7.23. The lowest BCUT2D eigenvalue weighted by molar-refractivity contribution is -0.122. The van der Waals surface area contributed by atoms with Gasteiger partial charge in [-0.15, -0.1) is 10.2 Å². The van der Waals surface area contributed by atoms with Crippen molar-refractivity contribution >= 4 is 29.9 Å². The molecule has 0 radical (unpaired) electrons. The molecule has 1 aliphatic heterocycles. The summed E-state index contributed by atoms with van der Waals surface area (Å²) in [4.78, 5) is 26.7. The van der Waals surface area contributed by atoms with Crippen LogP contribution in [-0.4, -0.2) is 86.2 Å². The van der Waals surface area contributed by atoms with Gasteiger partial charge in [-0.3, -0.25) is 14.5 Å². The van der Waals surface area contributed by atoms with Gasteiger partial charge in [-0.05, 0) is 88.0 Å². The first-order chi connectivity index (χ1) is 27.0. The molecule has 0 saturated carbocycles. The predicted molar refractivity (Wildman–Crippen MR) is 217 cm³/mol. The number of urea groups is 1. The number of nitrogens with zero attached hydrogens (tertiary/aromatic N) is 7. The van der Waals surface area contributed by atoms with E-state index < -0.39 is 0 Å². The molecule has 7 rings (SSSR count). The first-order valence-corrected chi connectivity index (χ1v) is 19.5. The molecular formula is C42H55N9O5. The number of ether oxygens (including phenoxy) is 2. The Labute approximate surface area is 328 Å². The van der Waals surface area contributed by atoms with E-state index in [4.69, 9.17) is 24.5 Å². The lowest BCUT2D eigenvalue weighted by Gasteiger charge is -2.33. The number of aromatic nitrogens is 5. The summed E-state index contributed by atoms with van der Waals surface area (Å²) < 4.78 is 16.6. The van der Waals surface area contributed by atoms with E-state index in [1.165, 1.54) is 6.42 Å². The molecule has 1 saturated heterocycles. The summed E-state index contributed by atoms with van der Waals surface area (Å²) in [5.41, 5.74) is 4.38. The zero-order valence-corrected chi connectivity index (χ0v) is 33.3. The van der Waals surface area contributed by atoms with E-state index in [0.29, 0.717) is 18.5 Å². The van der Waals surface area contributed by atoms with E-state index in [0.717, 1.165) is 90.9 Å². The fourth-order valence-corrected chi connectivity index (χ4v) is 7.23. The minimum absolute atomic E-state index is 0.161. The number of amides is 2. The Kier molecular flexibility index (Phi) is 12.8. The van der Waals surface area contributed by atoms with E-state index in [1.807, 2.05) is 65.2 Å². The molecule has 5 aromatic rings. The largest absolute Gasteiger partial charge is 0.492 e. The highest BCUT2D eigenvalue weighted by molar-refractivity contribution is 5.89. The second kappa shape index (κ2) is 17.9. The van der Waals surface area contributed by atoms with Crippen LogP contribution in [0.1, 0.15) is 95.7 Å². The molecule has 14 heteroatoms. The van der Waals surface area contributed by atoms with Crippen LogP contribution in [0.4, 0.5) is 16.6 Å². The Hall–Kier alpha value is -5.63. The summed E-state index contributed by atoms with van der Waals surface area (Å²) in [5, 5.41) is 27.2. The maximum absolute atomic E-state index is 13.7. The van der Waals surface area contributed by atoms with Gasteiger partial charge in [0.25, 0.3) is 6.47 Å². The molecule has 3 N–H and O–H groups in total. The Morgan fingerprint density at radius 1 is 1.00 bits per heavy atom. The topological polar surface area (TPSA) is 151 Å². The van der Waals surface area contributed by atoms with Crippen molar-refractivity contribution in [3.63, 3.8) is 0 Å². The van der Waals surface area contributed by atoms with Gasteiger partial charge >= 0.3 is 6.03 Å². The van der Waals surface area contributed by atoms with Crippen LogP contribution in [0.15, 0.2) is 72.9 Å². The predicted octanol–water partition coefficient (Wildman–Crippen LogP) is 7.40. The molecule has 3 aromatic heterocycles. The average Bonchev–Trinajstić information content (AvgIpc) is 3.81. The lowest BCUT2D eigenvalue weighted by Crippen LogP contribution is -2.38. The first-order valence-electron chi connectivity index (χ1n) is 19.5. The smallest absolute Gasteiger partial charge is 0.320 e. The highest BCUT2D eigenvalue weighted by Gasteiger charge is 2.31. The molecule has 4 heterocycles. The molecule has 1 aliphatic carbocycles. The van der Waals surface area contributed by atoms with Crippen LogP contribution in [-0.2, 0) is 10.2 Å². The van der Waals surface area contributed by atoms with E-state index in [-0.39, 0.29) is 30.1 Å². The molecule has 1 unspecified atom stereocenters. The van der Waals surface area contributed by atoms with E-state index in [9.17, 15) is 4.79 Å². The van der Waals surface area contributed by atoms with Crippen molar-refractivity contribution in [1.82, 2.24) is 34.6 Å². The van der Waals surface area contributed by atoms with Crippen LogP contribution in [0.5, 0.6) is 11.5 Å². The molecule has 298 valence electrons. The molecule has 2 aromatic carbocycles. The van der Waals surface area contributed by atoms with E-state index >= 15 is 0 Å². The molecule has 0 spiro atoms. The number of fused-ring (bicyclic) bond motifs is 2.